The molecule has 0 radical (unpaired) electrons. The molecule has 0 aliphatic carbocycles. The van der Waals surface area contributed by atoms with Crippen LogP contribution in [0, 0.1) is 0 Å². The molecule has 37 heavy (non-hydrogen) atoms. The van der Waals surface area contributed by atoms with E-state index in [9.17, 15) is 18.6 Å². The summed E-state index contributed by atoms with van der Waals surface area (Å²) in [7, 11) is -1.47. The third-order valence-corrected chi connectivity index (χ3v) is 8.20. The molecule has 0 spiro atoms. The molecule has 7 nitrogen and oxygen atoms in total. The number of fused-ring (bicyclic) bond motifs is 1. The molecule has 0 saturated carbocycles. The zero-order chi connectivity index (χ0) is 25.9. The summed E-state index contributed by atoms with van der Waals surface area (Å²) < 4.78 is 19.0. The van der Waals surface area contributed by atoms with Crippen molar-refractivity contribution in [3.8, 4) is 0 Å². The summed E-state index contributed by atoms with van der Waals surface area (Å²) in [6.07, 6.45) is -0.581. The Morgan fingerprint density at radius 1 is 0.946 bits per heavy atom. The third kappa shape index (κ3) is 4.97. The molecule has 188 valence electrons. The lowest BCUT2D eigenvalue weighted by molar-refractivity contribution is -0.154. The summed E-state index contributed by atoms with van der Waals surface area (Å²) >= 11 is 0. The van der Waals surface area contributed by atoms with Crippen molar-refractivity contribution in [3.63, 3.8) is 0 Å². The van der Waals surface area contributed by atoms with Crippen LogP contribution in [-0.2, 0) is 36.3 Å². The highest BCUT2D eigenvalue weighted by Crippen LogP contribution is 2.37. The highest BCUT2D eigenvalue weighted by atomic mass is 32.2. The molecule has 2 aliphatic rings. The number of hydrogen-bond acceptors (Lipinski definition) is 5. The number of carbonyl (C=O) groups excluding carboxylic acids is 3. The van der Waals surface area contributed by atoms with Gasteiger partial charge in [-0.3, -0.25) is 18.7 Å². The maximum atomic E-state index is 13.5. The Morgan fingerprint density at radius 3 is 2.05 bits per heavy atom. The van der Waals surface area contributed by atoms with Crippen molar-refractivity contribution in [1.82, 2.24) is 10.2 Å². The number of amides is 2. The Bertz CT molecular complexity index is 1340. The van der Waals surface area contributed by atoms with Crippen LogP contribution >= 0.6 is 0 Å². The summed E-state index contributed by atoms with van der Waals surface area (Å²) in [5.41, 5.74) is 3.00. The molecule has 1 N–H and O–H groups in total. The maximum absolute atomic E-state index is 13.5. The van der Waals surface area contributed by atoms with Gasteiger partial charge < -0.3 is 10.1 Å². The number of β-lactam (4-membered cyclic amide) rings is 1. The fourth-order valence-electron chi connectivity index (χ4n) is 4.70. The lowest BCUT2D eigenvalue weighted by atomic mass is 10.0. The van der Waals surface area contributed by atoms with Gasteiger partial charge in [0.15, 0.2) is 6.10 Å². The Kier molecular flexibility index (Phi) is 7.01. The Morgan fingerprint density at radius 2 is 1.49 bits per heavy atom. The minimum Gasteiger partial charge on any atom is -0.448 e. The minimum absolute atomic E-state index is 0.0972. The molecule has 2 unspecified atom stereocenters. The smallest absolute Gasteiger partial charge is 0.356 e. The molecule has 1 saturated heterocycles. The van der Waals surface area contributed by atoms with Gasteiger partial charge in [0.1, 0.15) is 17.1 Å². The first kappa shape index (κ1) is 24.6. The van der Waals surface area contributed by atoms with E-state index in [4.69, 9.17) is 4.74 Å². The number of nitrogens with one attached hydrogen (secondary N) is 1. The second kappa shape index (κ2) is 10.5. The van der Waals surface area contributed by atoms with Gasteiger partial charge in [-0.25, -0.2) is 4.79 Å². The highest BCUT2D eigenvalue weighted by molar-refractivity contribution is 7.86. The van der Waals surface area contributed by atoms with Crippen LogP contribution in [0.5, 0.6) is 0 Å². The van der Waals surface area contributed by atoms with Crippen LogP contribution in [0.4, 0.5) is 0 Å². The summed E-state index contributed by atoms with van der Waals surface area (Å²) in [6, 6.07) is 26.9. The first-order valence-corrected chi connectivity index (χ1v) is 13.4. The standard InChI is InChI=1S/C29H26N2O5S/c1-19-18-37(35)28-24(30-23(32)17-20-11-5-2-6-12-20)27(33)31(28)25(19)29(34)36-26(21-13-7-3-8-14-21)22-15-9-4-10-16-22/h2-16,24,26,28H,17-18H2,1H3,(H,30,32)/t24?,28-,37?/m1/s1. The minimum atomic E-state index is -1.47. The van der Waals surface area contributed by atoms with Crippen LogP contribution in [0.25, 0.3) is 0 Å². The Labute approximate surface area is 217 Å². The van der Waals surface area contributed by atoms with Gasteiger partial charge in [-0.2, -0.15) is 0 Å². The summed E-state index contributed by atoms with van der Waals surface area (Å²) in [6.45, 7) is 1.68. The van der Waals surface area contributed by atoms with Crippen LogP contribution in [0.2, 0.25) is 0 Å². The molecule has 3 aromatic rings. The van der Waals surface area contributed by atoms with Gasteiger partial charge in [0, 0.05) is 5.75 Å². The van der Waals surface area contributed by atoms with Crippen LogP contribution in [-0.4, -0.2) is 44.1 Å². The van der Waals surface area contributed by atoms with Crippen molar-refractivity contribution >= 4 is 28.6 Å². The van der Waals surface area contributed by atoms with Gasteiger partial charge in [-0.05, 0) is 29.2 Å². The normalized spacial score (nSPS) is 20.8. The molecule has 8 heteroatoms. The van der Waals surface area contributed by atoms with Gasteiger partial charge in [0.2, 0.25) is 5.91 Å². The van der Waals surface area contributed by atoms with Crippen LogP contribution < -0.4 is 5.32 Å². The third-order valence-electron chi connectivity index (χ3n) is 6.46. The van der Waals surface area contributed by atoms with E-state index in [1.807, 2.05) is 91.0 Å². The second-order valence-electron chi connectivity index (χ2n) is 9.07. The zero-order valence-corrected chi connectivity index (χ0v) is 21.0. The molecule has 3 aromatic carbocycles. The number of esters is 1. The van der Waals surface area contributed by atoms with Crippen molar-refractivity contribution in [2.75, 3.05) is 5.75 Å². The van der Waals surface area contributed by atoms with Gasteiger partial charge >= 0.3 is 5.97 Å². The number of nitrogens with zero attached hydrogens (tertiary/aromatic N) is 1. The summed E-state index contributed by atoms with van der Waals surface area (Å²) in [5.74, 6) is -1.36. The van der Waals surface area contributed by atoms with Gasteiger partial charge in [0.25, 0.3) is 5.91 Å². The van der Waals surface area contributed by atoms with Crippen LogP contribution in [0.3, 0.4) is 0 Å². The van der Waals surface area contributed by atoms with Crippen molar-refractivity contribution in [3.05, 3.63) is 119 Å². The number of benzene rings is 3. The molecule has 0 bridgehead atoms. The zero-order valence-electron chi connectivity index (χ0n) is 20.2. The summed E-state index contributed by atoms with van der Waals surface area (Å²) in [4.78, 5) is 40.5. The Balaban J connectivity index is 1.36. The fourth-order valence-corrected chi connectivity index (χ4v) is 6.37. The number of rotatable bonds is 7. The molecular formula is C29H26N2O5S. The largest absolute Gasteiger partial charge is 0.448 e. The lowest BCUT2D eigenvalue weighted by Crippen LogP contribution is -2.73. The van der Waals surface area contributed by atoms with E-state index in [2.05, 4.69) is 5.32 Å². The average molecular weight is 515 g/mol. The second-order valence-corrected chi connectivity index (χ2v) is 10.6. The molecule has 5 rings (SSSR count). The molecule has 1 fully saturated rings. The van der Waals surface area contributed by atoms with E-state index in [1.54, 1.807) is 6.92 Å². The lowest BCUT2D eigenvalue weighted by Gasteiger charge is -2.49. The van der Waals surface area contributed by atoms with E-state index >= 15 is 0 Å². The van der Waals surface area contributed by atoms with E-state index in [-0.39, 0.29) is 23.8 Å². The predicted molar refractivity (Wildman–Crippen MR) is 139 cm³/mol. The van der Waals surface area contributed by atoms with E-state index < -0.39 is 40.2 Å². The van der Waals surface area contributed by atoms with Crippen LogP contribution in [0.1, 0.15) is 29.7 Å². The average Bonchev–Trinajstić information content (AvgIpc) is 2.91. The first-order chi connectivity index (χ1) is 17.9. The fraction of sp³-hybridized carbons (Fsp3) is 0.207. The van der Waals surface area contributed by atoms with E-state index in [0.29, 0.717) is 5.57 Å². The molecular weight excluding hydrogens is 488 g/mol. The van der Waals surface area contributed by atoms with Gasteiger partial charge in [-0.1, -0.05) is 91.0 Å². The topological polar surface area (TPSA) is 92.8 Å². The van der Waals surface area contributed by atoms with Gasteiger partial charge in [-0.15, -0.1) is 0 Å². The van der Waals surface area contributed by atoms with E-state index in [1.165, 1.54) is 4.90 Å². The molecule has 2 amide bonds. The quantitative estimate of drug-likeness (QED) is 0.386. The number of carbonyl (C=O) groups is 3. The van der Waals surface area contributed by atoms with Crippen molar-refractivity contribution < 1.29 is 23.3 Å². The number of hydrogen-bond donors (Lipinski definition) is 1. The van der Waals surface area contributed by atoms with Crippen molar-refractivity contribution in [2.45, 2.75) is 30.9 Å². The first-order valence-electron chi connectivity index (χ1n) is 12.0. The van der Waals surface area contributed by atoms with Crippen molar-refractivity contribution in [1.29, 1.82) is 0 Å². The number of ether oxygens (including phenoxy) is 1. The van der Waals surface area contributed by atoms with E-state index in [0.717, 1.165) is 16.7 Å². The molecule has 0 aromatic heterocycles. The Hall–Kier alpha value is -4.04. The highest BCUT2D eigenvalue weighted by Gasteiger charge is 2.57. The van der Waals surface area contributed by atoms with Crippen LogP contribution in [0.15, 0.2) is 102 Å². The molecule has 2 heterocycles. The monoisotopic (exact) mass is 514 g/mol. The van der Waals surface area contributed by atoms with Crippen molar-refractivity contribution in [2.24, 2.45) is 0 Å². The molecule has 2 aliphatic heterocycles. The summed E-state index contributed by atoms with van der Waals surface area (Å²) in [5, 5.41) is 1.90. The maximum Gasteiger partial charge on any atom is 0.356 e. The van der Waals surface area contributed by atoms with Gasteiger partial charge in [0.05, 0.1) is 17.2 Å². The molecule has 3 atom stereocenters. The predicted octanol–water partition coefficient (Wildman–Crippen LogP) is 3.25. The SMILES string of the molecule is CC1=C(C(=O)OC(c2ccccc2)c2ccccc2)N2C(=O)C(NC(=O)Cc3ccccc3)[C@H]2S(=O)C1.